The van der Waals surface area contributed by atoms with Gasteiger partial charge in [-0.05, 0) is 84.5 Å². The van der Waals surface area contributed by atoms with E-state index in [9.17, 15) is 9.90 Å². The zero-order valence-electron chi connectivity index (χ0n) is 22.9. The van der Waals surface area contributed by atoms with Crippen LogP contribution in [0.2, 0.25) is 0 Å². The van der Waals surface area contributed by atoms with Crippen LogP contribution >= 0.6 is 0 Å². The standard InChI is InChI=1S/C32H38N4O2/c1-5-36-30-15-14-28(23(4)32(30)33-34-36)29(17-31(37)38)25-13-11-22(3)27(16-25)20-35-18-21(2)10-12-24-8-6-7-9-26(24)19-35/h6-9,11,13-16,21,29H,5,10,12,17-20H2,1-4H3,(H,37,38)/t21-,29?/m1/s1. The maximum atomic E-state index is 12.0. The number of fused-ring (bicyclic) bond motifs is 2. The van der Waals surface area contributed by atoms with Crippen molar-refractivity contribution in [1.29, 1.82) is 0 Å². The van der Waals surface area contributed by atoms with Gasteiger partial charge in [-0.3, -0.25) is 9.69 Å². The summed E-state index contributed by atoms with van der Waals surface area (Å²) in [6.45, 7) is 12.2. The number of aryl methyl sites for hydroxylation is 4. The van der Waals surface area contributed by atoms with Gasteiger partial charge >= 0.3 is 5.97 Å². The van der Waals surface area contributed by atoms with Gasteiger partial charge in [0.2, 0.25) is 0 Å². The van der Waals surface area contributed by atoms with Crippen LogP contribution in [0, 0.1) is 19.8 Å². The van der Waals surface area contributed by atoms with E-state index >= 15 is 0 Å². The van der Waals surface area contributed by atoms with Crippen LogP contribution in [0.5, 0.6) is 0 Å². The molecule has 198 valence electrons. The Bertz CT molecular complexity index is 1460. The minimum atomic E-state index is -0.803. The monoisotopic (exact) mass is 510 g/mol. The predicted octanol–water partition coefficient (Wildman–Crippen LogP) is 6.26. The van der Waals surface area contributed by atoms with Crippen molar-refractivity contribution < 1.29 is 9.90 Å². The normalized spacial score (nSPS) is 17.1. The number of benzene rings is 3. The van der Waals surface area contributed by atoms with Crippen LogP contribution in [0.3, 0.4) is 0 Å². The smallest absolute Gasteiger partial charge is 0.304 e. The number of hydrogen-bond acceptors (Lipinski definition) is 4. The van der Waals surface area contributed by atoms with Crippen molar-refractivity contribution in [3.8, 4) is 0 Å². The van der Waals surface area contributed by atoms with Crippen LogP contribution in [-0.2, 0) is 30.8 Å². The average molecular weight is 511 g/mol. The Balaban J connectivity index is 1.50. The first-order chi connectivity index (χ1) is 18.3. The second-order valence-corrected chi connectivity index (χ2v) is 11.0. The number of nitrogens with zero attached hydrogens (tertiary/aromatic N) is 4. The lowest BCUT2D eigenvalue weighted by Crippen LogP contribution is -2.30. The van der Waals surface area contributed by atoms with Crippen LogP contribution in [0.25, 0.3) is 11.0 Å². The molecule has 1 aliphatic heterocycles. The fourth-order valence-electron chi connectivity index (χ4n) is 6.01. The Labute approximate surface area is 225 Å². The van der Waals surface area contributed by atoms with Gasteiger partial charge in [-0.2, -0.15) is 0 Å². The van der Waals surface area contributed by atoms with E-state index in [0.29, 0.717) is 5.92 Å². The molecule has 1 aliphatic rings. The summed E-state index contributed by atoms with van der Waals surface area (Å²) in [5.41, 5.74) is 10.3. The minimum absolute atomic E-state index is 0.0326. The quantitative estimate of drug-likeness (QED) is 0.318. The summed E-state index contributed by atoms with van der Waals surface area (Å²) in [5.74, 6) is -0.435. The number of aliphatic carboxylic acids is 1. The molecule has 1 N–H and O–H groups in total. The second-order valence-electron chi connectivity index (χ2n) is 11.0. The van der Waals surface area contributed by atoms with Crippen molar-refractivity contribution in [3.05, 3.63) is 93.5 Å². The first-order valence-electron chi connectivity index (χ1n) is 13.8. The minimum Gasteiger partial charge on any atom is -0.481 e. The summed E-state index contributed by atoms with van der Waals surface area (Å²) in [5, 5.41) is 18.6. The number of carboxylic acids is 1. The third-order valence-corrected chi connectivity index (χ3v) is 8.19. The van der Waals surface area contributed by atoms with Crippen molar-refractivity contribution in [2.45, 2.75) is 72.5 Å². The molecular formula is C32H38N4O2. The van der Waals surface area contributed by atoms with Crippen LogP contribution in [0.1, 0.15) is 71.6 Å². The zero-order valence-corrected chi connectivity index (χ0v) is 22.9. The Hall–Kier alpha value is -3.51. The third-order valence-electron chi connectivity index (χ3n) is 8.19. The highest BCUT2D eigenvalue weighted by Crippen LogP contribution is 2.35. The van der Waals surface area contributed by atoms with E-state index in [0.717, 1.165) is 60.3 Å². The molecular weight excluding hydrogens is 472 g/mol. The molecule has 2 heterocycles. The number of aromatic nitrogens is 3. The van der Waals surface area contributed by atoms with E-state index < -0.39 is 5.97 Å². The third kappa shape index (κ3) is 5.37. The van der Waals surface area contributed by atoms with Gasteiger partial charge < -0.3 is 5.11 Å². The highest BCUT2D eigenvalue weighted by molar-refractivity contribution is 5.80. The number of carbonyl (C=O) groups is 1. The first-order valence-corrected chi connectivity index (χ1v) is 13.8. The summed E-state index contributed by atoms with van der Waals surface area (Å²) < 4.78 is 1.88. The van der Waals surface area contributed by atoms with E-state index in [1.165, 1.54) is 28.7 Å². The van der Waals surface area contributed by atoms with Crippen LogP contribution < -0.4 is 0 Å². The Kier molecular flexibility index (Phi) is 7.61. The van der Waals surface area contributed by atoms with Crippen LogP contribution in [0.15, 0.2) is 54.6 Å². The van der Waals surface area contributed by atoms with Gasteiger partial charge in [0.05, 0.1) is 11.9 Å². The van der Waals surface area contributed by atoms with Crippen molar-refractivity contribution in [3.63, 3.8) is 0 Å². The highest BCUT2D eigenvalue weighted by Gasteiger charge is 2.24. The summed E-state index contributed by atoms with van der Waals surface area (Å²) in [4.78, 5) is 14.6. The lowest BCUT2D eigenvalue weighted by Gasteiger charge is -2.30. The molecule has 6 heteroatoms. The molecule has 0 bridgehead atoms. The zero-order chi connectivity index (χ0) is 26.8. The van der Waals surface area contributed by atoms with E-state index in [1.54, 1.807) is 0 Å². The molecule has 0 aliphatic carbocycles. The first kappa shape index (κ1) is 26.1. The van der Waals surface area contributed by atoms with Crippen molar-refractivity contribution >= 4 is 17.0 Å². The van der Waals surface area contributed by atoms with Crippen LogP contribution in [-0.4, -0.2) is 37.5 Å². The molecule has 0 radical (unpaired) electrons. The van der Waals surface area contributed by atoms with Gasteiger partial charge in [0.15, 0.2) is 0 Å². The molecule has 0 saturated heterocycles. The largest absolute Gasteiger partial charge is 0.481 e. The van der Waals surface area contributed by atoms with E-state index in [2.05, 4.69) is 77.6 Å². The average Bonchev–Trinajstić information content (AvgIpc) is 3.31. The number of carboxylic acid groups (broad SMARTS) is 1. The van der Waals surface area contributed by atoms with Crippen molar-refractivity contribution in [2.75, 3.05) is 6.54 Å². The fraction of sp³-hybridized carbons (Fsp3) is 0.406. The summed E-state index contributed by atoms with van der Waals surface area (Å²) >= 11 is 0. The Morgan fingerprint density at radius 3 is 2.66 bits per heavy atom. The van der Waals surface area contributed by atoms with Crippen molar-refractivity contribution in [1.82, 2.24) is 19.9 Å². The Morgan fingerprint density at radius 2 is 1.89 bits per heavy atom. The molecule has 2 atom stereocenters. The van der Waals surface area contributed by atoms with E-state index in [1.807, 2.05) is 24.6 Å². The maximum absolute atomic E-state index is 12.0. The summed E-state index contributed by atoms with van der Waals surface area (Å²) in [7, 11) is 0. The molecule has 5 rings (SSSR count). The highest BCUT2D eigenvalue weighted by atomic mass is 16.4. The summed E-state index contributed by atoms with van der Waals surface area (Å²) in [6, 6.07) is 19.4. The molecule has 38 heavy (non-hydrogen) atoms. The van der Waals surface area contributed by atoms with Gasteiger partial charge in [0.25, 0.3) is 0 Å². The van der Waals surface area contributed by atoms with Gasteiger partial charge in [0.1, 0.15) is 5.52 Å². The SMILES string of the molecule is CCn1nnc2c(C)c(C(CC(=O)O)c3ccc(C)c(CN4Cc5ccccc5CC[C@@H](C)C4)c3)ccc21. The molecule has 6 nitrogen and oxygen atoms in total. The van der Waals surface area contributed by atoms with Gasteiger partial charge in [-0.1, -0.05) is 60.7 Å². The second kappa shape index (κ2) is 11.1. The van der Waals surface area contributed by atoms with E-state index in [4.69, 9.17) is 0 Å². The van der Waals surface area contributed by atoms with Gasteiger partial charge in [0, 0.05) is 32.1 Å². The Morgan fingerprint density at radius 1 is 1.11 bits per heavy atom. The van der Waals surface area contributed by atoms with E-state index in [-0.39, 0.29) is 12.3 Å². The molecule has 3 aromatic carbocycles. The van der Waals surface area contributed by atoms with Gasteiger partial charge in [-0.25, -0.2) is 4.68 Å². The molecule has 1 aromatic heterocycles. The molecule has 1 unspecified atom stereocenters. The number of rotatable bonds is 7. The fourth-order valence-corrected chi connectivity index (χ4v) is 6.01. The predicted molar refractivity (Wildman–Crippen MR) is 151 cm³/mol. The summed E-state index contributed by atoms with van der Waals surface area (Å²) in [6.07, 6.45) is 2.37. The van der Waals surface area contributed by atoms with Crippen LogP contribution in [0.4, 0.5) is 0 Å². The molecule has 0 saturated carbocycles. The van der Waals surface area contributed by atoms with Gasteiger partial charge in [-0.15, -0.1) is 5.10 Å². The molecule has 4 aromatic rings. The molecule has 0 amide bonds. The number of hydrogen-bond donors (Lipinski definition) is 1. The topological polar surface area (TPSA) is 71.2 Å². The van der Waals surface area contributed by atoms with Crippen molar-refractivity contribution in [2.24, 2.45) is 5.92 Å². The maximum Gasteiger partial charge on any atom is 0.304 e. The molecule has 0 fully saturated rings. The lowest BCUT2D eigenvalue weighted by atomic mass is 9.84. The molecule has 0 spiro atoms. The lowest BCUT2D eigenvalue weighted by molar-refractivity contribution is -0.137.